The van der Waals surface area contributed by atoms with Crippen LogP contribution in [0.25, 0.3) is 6.08 Å². The molecule has 4 rings (SSSR count). The number of hydrogen-bond donors (Lipinski definition) is 1. The van der Waals surface area contributed by atoms with Gasteiger partial charge in [-0.1, -0.05) is 12.1 Å². The molecule has 0 atom stereocenters. The van der Waals surface area contributed by atoms with E-state index in [2.05, 4.69) is 5.32 Å². The number of anilines is 1. The molecule has 0 unspecified atom stereocenters. The molecular weight excluding hydrogens is 567 g/mol. The first-order chi connectivity index (χ1) is 19.4. The molecule has 0 spiro atoms. The molecular formula is C27H20F3N3O7S. The summed E-state index contributed by atoms with van der Waals surface area (Å²) in [5.74, 6) is -1.05. The normalized spacial score (nSPS) is 14.3. The summed E-state index contributed by atoms with van der Waals surface area (Å²) in [6, 6.07) is 14.3. The van der Waals surface area contributed by atoms with Crippen LogP contribution in [0.2, 0.25) is 0 Å². The van der Waals surface area contributed by atoms with Crippen molar-refractivity contribution in [2.24, 2.45) is 0 Å². The maximum Gasteiger partial charge on any atom is 0.416 e. The number of rotatable bonds is 9. The van der Waals surface area contributed by atoms with Crippen molar-refractivity contribution in [2.45, 2.75) is 13.1 Å². The topological polar surface area (TPSA) is 128 Å². The van der Waals surface area contributed by atoms with Crippen molar-refractivity contribution in [3.8, 4) is 17.2 Å². The van der Waals surface area contributed by atoms with Gasteiger partial charge in [0.15, 0.2) is 0 Å². The van der Waals surface area contributed by atoms with Crippen LogP contribution in [0.15, 0.2) is 71.6 Å². The molecule has 0 radical (unpaired) electrons. The average Bonchev–Trinajstić information content (AvgIpc) is 3.16. The minimum atomic E-state index is -4.78. The zero-order valence-corrected chi connectivity index (χ0v) is 22.0. The van der Waals surface area contributed by atoms with Crippen molar-refractivity contribution in [3.63, 3.8) is 0 Å². The minimum Gasteiger partial charge on any atom is -0.494 e. The Labute approximate surface area is 234 Å². The van der Waals surface area contributed by atoms with Crippen molar-refractivity contribution in [1.82, 2.24) is 4.90 Å². The SMILES string of the molecule is CCOc1ccc(NC(=O)CN2C(=O)S/C(=C/c3cccc(Oc4ccc(C(F)(F)F)cc4[N+](=O)[O-])c3)C2=O)cc1. The molecule has 14 heteroatoms. The Hall–Kier alpha value is -4.85. The largest absolute Gasteiger partial charge is 0.494 e. The number of nitro groups is 1. The van der Waals surface area contributed by atoms with E-state index < -0.39 is 51.7 Å². The molecule has 1 saturated heterocycles. The van der Waals surface area contributed by atoms with Gasteiger partial charge in [0.1, 0.15) is 18.0 Å². The number of halogens is 3. The molecule has 10 nitrogen and oxygen atoms in total. The lowest BCUT2D eigenvalue weighted by atomic mass is 10.1. The van der Waals surface area contributed by atoms with Gasteiger partial charge in [-0.05, 0) is 78.9 Å². The molecule has 212 valence electrons. The van der Waals surface area contributed by atoms with Crippen molar-refractivity contribution in [2.75, 3.05) is 18.5 Å². The highest BCUT2D eigenvalue weighted by molar-refractivity contribution is 8.18. The molecule has 3 amide bonds. The first-order valence-corrected chi connectivity index (χ1v) is 12.7. The van der Waals surface area contributed by atoms with Crippen LogP contribution >= 0.6 is 11.8 Å². The predicted molar refractivity (Wildman–Crippen MR) is 144 cm³/mol. The lowest BCUT2D eigenvalue weighted by Gasteiger charge is -2.13. The summed E-state index contributed by atoms with van der Waals surface area (Å²) in [5, 5.41) is 13.3. The molecule has 3 aromatic rings. The van der Waals surface area contributed by atoms with Gasteiger partial charge >= 0.3 is 11.9 Å². The number of amides is 3. The molecule has 3 aromatic carbocycles. The second kappa shape index (κ2) is 12.1. The Kier molecular flexibility index (Phi) is 8.62. The highest BCUT2D eigenvalue weighted by Crippen LogP contribution is 2.38. The molecule has 0 saturated carbocycles. The Morgan fingerprint density at radius 2 is 1.80 bits per heavy atom. The fourth-order valence-corrected chi connectivity index (χ4v) is 4.49. The van der Waals surface area contributed by atoms with Crippen LogP contribution in [0.3, 0.4) is 0 Å². The van der Waals surface area contributed by atoms with E-state index in [-0.39, 0.29) is 10.7 Å². The van der Waals surface area contributed by atoms with E-state index in [1.54, 1.807) is 30.3 Å². The zero-order chi connectivity index (χ0) is 29.7. The van der Waals surface area contributed by atoms with Crippen molar-refractivity contribution in [3.05, 3.63) is 92.9 Å². The molecule has 1 aliphatic rings. The second-order valence-corrected chi connectivity index (χ2v) is 9.38. The maximum atomic E-state index is 13.0. The smallest absolute Gasteiger partial charge is 0.416 e. The van der Waals surface area contributed by atoms with Crippen LogP contribution in [0, 0.1) is 10.1 Å². The van der Waals surface area contributed by atoms with E-state index in [0.29, 0.717) is 47.5 Å². The highest BCUT2D eigenvalue weighted by atomic mass is 32.2. The van der Waals surface area contributed by atoms with E-state index in [9.17, 15) is 37.7 Å². The number of carbonyl (C=O) groups excluding carboxylic acids is 3. The molecule has 0 aromatic heterocycles. The number of benzene rings is 3. The predicted octanol–water partition coefficient (Wildman–Crippen LogP) is 6.48. The number of nitrogens with one attached hydrogen (secondary N) is 1. The van der Waals surface area contributed by atoms with Crippen LogP contribution < -0.4 is 14.8 Å². The summed E-state index contributed by atoms with van der Waals surface area (Å²) in [6.07, 6.45) is -3.41. The molecule has 0 aliphatic carbocycles. The number of hydrogen-bond acceptors (Lipinski definition) is 8. The molecule has 1 aliphatic heterocycles. The number of nitrogens with zero attached hydrogens (tertiary/aromatic N) is 2. The third kappa shape index (κ3) is 7.22. The summed E-state index contributed by atoms with van der Waals surface area (Å²) < 4.78 is 49.7. The minimum absolute atomic E-state index is 0.0153. The van der Waals surface area contributed by atoms with E-state index in [4.69, 9.17) is 9.47 Å². The number of imide groups is 1. The zero-order valence-electron chi connectivity index (χ0n) is 21.1. The van der Waals surface area contributed by atoms with Crippen molar-refractivity contribution < 1.29 is 42.0 Å². The molecule has 1 heterocycles. The number of carbonyl (C=O) groups is 3. The van der Waals surface area contributed by atoms with Crippen LogP contribution in [-0.4, -0.2) is 40.0 Å². The third-order valence-corrected chi connectivity index (χ3v) is 6.40. The molecule has 1 N–H and O–H groups in total. The van der Waals surface area contributed by atoms with Gasteiger partial charge in [0.25, 0.3) is 11.1 Å². The van der Waals surface area contributed by atoms with Gasteiger partial charge in [-0.2, -0.15) is 13.2 Å². The number of ether oxygens (including phenoxy) is 2. The first kappa shape index (κ1) is 29.1. The van der Waals surface area contributed by atoms with E-state index >= 15 is 0 Å². The molecule has 1 fully saturated rings. The van der Waals surface area contributed by atoms with Gasteiger partial charge in [0.2, 0.25) is 11.7 Å². The fourth-order valence-electron chi connectivity index (χ4n) is 3.65. The van der Waals surface area contributed by atoms with Crippen LogP contribution in [-0.2, 0) is 15.8 Å². The third-order valence-electron chi connectivity index (χ3n) is 5.49. The number of alkyl halides is 3. The maximum absolute atomic E-state index is 13.0. The Morgan fingerprint density at radius 3 is 2.46 bits per heavy atom. The Balaban J connectivity index is 1.45. The Bertz CT molecular complexity index is 1540. The van der Waals surface area contributed by atoms with E-state index in [1.807, 2.05) is 6.92 Å². The average molecular weight is 588 g/mol. The highest BCUT2D eigenvalue weighted by Gasteiger charge is 2.36. The summed E-state index contributed by atoms with van der Waals surface area (Å²) >= 11 is 0.618. The monoisotopic (exact) mass is 587 g/mol. The van der Waals surface area contributed by atoms with Crippen LogP contribution in [0.4, 0.5) is 29.3 Å². The van der Waals surface area contributed by atoms with Gasteiger partial charge in [-0.15, -0.1) is 0 Å². The summed E-state index contributed by atoms with van der Waals surface area (Å²) in [4.78, 5) is 48.9. The number of nitro benzene ring substituents is 1. The van der Waals surface area contributed by atoms with Crippen LogP contribution in [0.5, 0.6) is 17.2 Å². The summed E-state index contributed by atoms with van der Waals surface area (Å²) in [5.41, 5.74) is -1.27. The fraction of sp³-hybridized carbons (Fsp3) is 0.148. The Morgan fingerprint density at radius 1 is 1.07 bits per heavy atom. The van der Waals surface area contributed by atoms with Crippen LogP contribution in [0.1, 0.15) is 18.1 Å². The van der Waals surface area contributed by atoms with Gasteiger partial charge in [-0.25, -0.2) is 0 Å². The van der Waals surface area contributed by atoms with E-state index in [1.165, 1.54) is 24.3 Å². The van der Waals surface area contributed by atoms with Gasteiger partial charge in [-0.3, -0.25) is 29.4 Å². The molecule has 0 bridgehead atoms. The van der Waals surface area contributed by atoms with Gasteiger partial charge < -0.3 is 14.8 Å². The van der Waals surface area contributed by atoms with Crippen molar-refractivity contribution >= 4 is 46.3 Å². The van der Waals surface area contributed by atoms with E-state index in [0.717, 1.165) is 11.0 Å². The van der Waals surface area contributed by atoms with Crippen molar-refractivity contribution in [1.29, 1.82) is 0 Å². The van der Waals surface area contributed by atoms with Gasteiger partial charge in [0, 0.05) is 11.8 Å². The number of thioether (sulfide) groups is 1. The standard InChI is InChI=1S/C27H20F3N3O7S/c1-2-39-19-9-7-18(8-10-19)31-24(34)15-32-25(35)23(41-26(32)36)13-16-4-3-5-20(12-16)40-22-11-6-17(27(28,29)30)14-21(22)33(37)38/h3-14H,2,15H2,1H3,(H,31,34)/b23-13+. The quantitative estimate of drug-likeness (QED) is 0.171. The second-order valence-electron chi connectivity index (χ2n) is 8.39. The lowest BCUT2D eigenvalue weighted by Crippen LogP contribution is -2.36. The van der Waals surface area contributed by atoms with Gasteiger partial charge in [0.05, 0.1) is 22.0 Å². The lowest BCUT2D eigenvalue weighted by molar-refractivity contribution is -0.385. The summed E-state index contributed by atoms with van der Waals surface area (Å²) in [6.45, 7) is 1.80. The summed E-state index contributed by atoms with van der Waals surface area (Å²) in [7, 11) is 0. The molecule has 41 heavy (non-hydrogen) atoms. The first-order valence-electron chi connectivity index (χ1n) is 11.9.